The Hall–Kier alpha value is -2.51. The molecule has 0 aromatic heterocycles. The van der Waals surface area contributed by atoms with Crippen molar-refractivity contribution in [1.82, 2.24) is 4.90 Å². The first-order chi connectivity index (χ1) is 14.5. The minimum atomic E-state index is -0.254. The summed E-state index contributed by atoms with van der Waals surface area (Å²) in [6.07, 6.45) is 3.55. The zero-order chi connectivity index (χ0) is 21.5. The summed E-state index contributed by atoms with van der Waals surface area (Å²) in [6, 6.07) is 10.4. The molecule has 0 unspecified atom stereocenters. The number of aromatic hydroxyl groups is 1. The van der Waals surface area contributed by atoms with Gasteiger partial charge in [0.1, 0.15) is 12.4 Å². The monoisotopic (exact) mass is 475 g/mol. The Labute approximate surface area is 185 Å². The van der Waals surface area contributed by atoms with E-state index >= 15 is 0 Å². The van der Waals surface area contributed by atoms with Crippen LogP contribution in [0.4, 0.5) is 0 Å². The minimum absolute atomic E-state index is 0.0136. The Balaban J connectivity index is 1.86. The Bertz CT molecular complexity index is 895. The van der Waals surface area contributed by atoms with Gasteiger partial charge in [0.15, 0.2) is 11.5 Å². The van der Waals surface area contributed by atoms with Crippen LogP contribution < -0.4 is 9.47 Å². The quantitative estimate of drug-likeness (QED) is 0.538. The first-order valence-corrected chi connectivity index (χ1v) is 10.6. The molecule has 1 N–H and O–H groups in total. The molecular formula is C23H26BrNO5. The van der Waals surface area contributed by atoms with E-state index in [0.717, 1.165) is 22.9 Å². The van der Waals surface area contributed by atoms with Gasteiger partial charge in [0, 0.05) is 24.2 Å². The van der Waals surface area contributed by atoms with Crippen molar-refractivity contribution in [3.05, 3.63) is 64.7 Å². The molecule has 1 aliphatic heterocycles. The number of halogens is 1. The fraction of sp³-hybridized carbons (Fsp3) is 0.348. The maximum absolute atomic E-state index is 13.3. The lowest BCUT2D eigenvalue weighted by Gasteiger charge is -2.26. The number of amides is 1. The van der Waals surface area contributed by atoms with Crippen LogP contribution in [-0.2, 0) is 11.3 Å². The lowest BCUT2D eigenvalue weighted by Crippen LogP contribution is -2.37. The van der Waals surface area contributed by atoms with Gasteiger partial charge in [-0.15, -0.1) is 0 Å². The van der Waals surface area contributed by atoms with E-state index < -0.39 is 0 Å². The van der Waals surface area contributed by atoms with Gasteiger partial charge in [0.25, 0.3) is 5.91 Å². The first kappa shape index (κ1) is 22.2. The number of hydrogen-bond donors (Lipinski definition) is 1. The maximum atomic E-state index is 13.3. The lowest BCUT2D eigenvalue weighted by molar-refractivity contribution is 0.0505. The van der Waals surface area contributed by atoms with Crippen molar-refractivity contribution in [3.63, 3.8) is 0 Å². The Morgan fingerprint density at radius 1 is 1.33 bits per heavy atom. The van der Waals surface area contributed by atoms with Gasteiger partial charge in [0.2, 0.25) is 0 Å². The molecule has 160 valence electrons. The van der Waals surface area contributed by atoms with Crippen molar-refractivity contribution in [3.8, 4) is 17.2 Å². The normalized spacial score (nSPS) is 15.6. The van der Waals surface area contributed by atoms with Crippen LogP contribution in [0.5, 0.6) is 17.2 Å². The van der Waals surface area contributed by atoms with Gasteiger partial charge in [-0.3, -0.25) is 4.79 Å². The average Bonchev–Trinajstić information content (AvgIpc) is 3.26. The molecule has 2 aromatic rings. The summed E-state index contributed by atoms with van der Waals surface area (Å²) >= 11 is 3.37. The van der Waals surface area contributed by atoms with E-state index in [0.29, 0.717) is 37.8 Å². The third-order valence-corrected chi connectivity index (χ3v) is 5.38. The SMILES string of the molecule is C=CCOc1ccc(CN(C[C@@H]2CCCO2)C(=O)c2cc(Br)ccc2O)cc1OC. The van der Waals surface area contributed by atoms with Crippen molar-refractivity contribution < 1.29 is 24.1 Å². The molecule has 0 saturated carbocycles. The zero-order valence-corrected chi connectivity index (χ0v) is 18.6. The molecule has 3 rings (SSSR count). The second-order valence-corrected chi connectivity index (χ2v) is 7.98. The van der Waals surface area contributed by atoms with Crippen LogP contribution in [0.3, 0.4) is 0 Å². The summed E-state index contributed by atoms with van der Waals surface area (Å²) in [4.78, 5) is 15.0. The van der Waals surface area contributed by atoms with Gasteiger partial charge in [-0.1, -0.05) is 34.7 Å². The topological polar surface area (TPSA) is 68.2 Å². The van der Waals surface area contributed by atoms with Gasteiger partial charge in [-0.05, 0) is 48.7 Å². The van der Waals surface area contributed by atoms with Gasteiger partial charge >= 0.3 is 0 Å². The van der Waals surface area contributed by atoms with Crippen molar-refractivity contribution >= 4 is 21.8 Å². The third kappa shape index (κ3) is 5.55. The number of methoxy groups -OCH3 is 1. The lowest BCUT2D eigenvalue weighted by atomic mass is 10.1. The summed E-state index contributed by atoms with van der Waals surface area (Å²) in [5.74, 6) is 0.897. The second kappa shape index (κ2) is 10.5. The van der Waals surface area contributed by atoms with E-state index in [1.165, 1.54) is 6.07 Å². The standard InChI is InChI=1S/C23H26BrNO5/c1-3-10-30-21-9-6-16(12-22(21)28-2)14-25(15-18-5-4-11-29-18)23(27)19-13-17(24)7-8-20(19)26/h3,6-9,12-13,18,26H,1,4-5,10-11,14-15H2,2H3/t18-/m0/s1. The number of rotatable bonds is 9. The largest absolute Gasteiger partial charge is 0.507 e. The number of benzene rings is 2. The molecule has 1 aliphatic rings. The van der Waals surface area contributed by atoms with Gasteiger partial charge in [-0.2, -0.15) is 0 Å². The van der Waals surface area contributed by atoms with Crippen LogP contribution >= 0.6 is 15.9 Å². The van der Waals surface area contributed by atoms with E-state index in [1.54, 1.807) is 30.2 Å². The number of nitrogens with zero attached hydrogens (tertiary/aromatic N) is 1. The minimum Gasteiger partial charge on any atom is -0.507 e. The molecular weight excluding hydrogens is 450 g/mol. The van der Waals surface area contributed by atoms with Crippen LogP contribution in [0.1, 0.15) is 28.8 Å². The van der Waals surface area contributed by atoms with Gasteiger partial charge in [-0.25, -0.2) is 0 Å². The average molecular weight is 476 g/mol. The number of phenolic OH excluding ortho intramolecular Hbond substituents is 1. The van der Waals surface area contributed by atoms with Crippen LogP contribution in [0.2, 0.25) is 0 Å². The van der Waals surface area contributed by atoms with Crippen molar-refractivity contribution in [2.45, 2.75) is 25.5 Å². The summed E-state index contributed by atoms with van der Waals surface area (Å²) in [7, 11) is 1.58. The molecule has 30 heavy (non-hydrogen) atoms. The smallest absolute Gasteiger partial charge is 0.258 e. The van der Waals surface area contributed by atoms with Crippen LogP contribution in [0.25, 0.3) is 0 Å². The van der Waals surface area contributed by atoms with E-state index in [4.69, 9.17) is 14.2 Å². The second-order valence-electron chi connectivity index (χ2n) is 7.07. The molecule has 0 bridgehead atoms. The molecule has 1 saturated heterocycles. The molecule has 7 heteroatoms. The maximum Gasteiger partial charge on any atom is 0.258 e. The van der Waals surface area contributed by atoms with Crippen LogP contribution in [0, 0.1) is 0 Å². The molecule has 1 atom stereocenters. The van der Waals surface area contributed by atoms with E-state index in [2.05, 4.69) is 22.5 Å². The third-order valence-electron chi connectivity index (χ3n) is 4.88. The van der Waals surface area contributed by atoms with Crippen molar-refractivity contribution in [2.75, 3.05) is 26.9 Å². The molecule has 1 fully saturated rings. The van der Waals surface area contributed by atoms with Crippen molar-refractivity contribution in [2.24, 2.45) is 0 Å². The van der Waals surface area contributed by atoms with Crippen LogP contribution in [-0.4, -0.2) is 48.9 Å². The van der Waals surface area contributed by atoms with Gasteiger partial charge in [0.05, 0.1) is 18.8 Å². The summed E-state index contributed by atoms with van der Waals surface area (Å²) in [5, 5.41) is 10.2. The number of phenols is 1. The number of carbonyl (C=O) groups is 1. The number of ether oxygens (including phenoxy) is 3. The molecule has 2 aromatic carbocycles. The molecule has 0 radical (unpaired) electrons. The summed E-state index contributed by atoms with van der Waals surface area (Å²) < 4.78 is 17.5. The van der Waals surface area contributed by atoms with Crippen molar-refractivity contribution in [1.29, 1.82) is 0 Å². The predicted molar refractivity (Wildman–Crippen MR) is 118 cm³/mol. The molecule has 1 heterocycles. The Morgan fingerprint density at radius 3 is 2.87 bits per heavy atom. The highest BCUT2D eigenvalue weighted by molar-refractivity contribution is 9.10. The fourth-order valence-electron chi connectivity index (χ4n) is 3.40. The Kier molecular flexibility index (Phi) is 7.76. The highest BCUT2D eigenvalue weighted by Crippen LogP contribution is 2.30. The fourth-order valence-corrected chi connectivity index (χ4v) is 3.76. The number of hydrogen-bond acceptors (Lipinski definition) is 5. The summed E-state index contributed by atoms with van der Waals surface area (Å²) in [5.41, 5.74) is 1.14. The number of carbonyl (C=O) groups excluding carboxylic acids is 1. The van der Waals surface area contributed by atoms with E-state index in [-0.39, 0.29) is 23.3 Å². The Morgan fingerprint density at radius 2 is 2.17 bits per heavy atom. The van der Waals surface area contributed by atoms with E-state index in [9.17, 15) is 9.90 Å². The zero-order valence-electron chi connectivity index (χ0n) is 17.0. The highest BCUT2D eigenvalue weighted by atomic mass is 79.9. The highest BCUT2D eigenvalue weighted by Gasteiger charge is 2.25. The molecule has 0 spiro atoms. The molecule has 1 amide bonds. The molecule has 6 nitrogen and oxygen atoms in total. The molecule has 0 aliphatic carbocycles. The van der Waals surface area contributed by atoms with Crippen LogP contribution in [0.15, 0.2) is 53.5 Å². The predicted octanol–water partition coefficient (Wildman–Crippen LogP) is 4.55. The van der Waals surface area contributed by atoms with E-state index in [1.807, 2.05) is 18.2 Å². The first-order valence-electron chi connectivity index (χ1n) is 9.81. The summed E-state index contributed by atoms with van der Waals surface area (Å²) in [6.45, 7) is 5.53. The van der Waals surface area contributed by atoms with Gasteiger partial charge < -0.3 is 24.2 Å².